The van der Waals surface area contributed by atoms with Crippen molar-refractivity contribution in [3.63, 3.8) is 0 Å². The topological polar surface area (TPSA) is 76.8 Å². The normalized spacial score (nSPS) is 10.8. The summed E-state index contributed by atoms with van der Waals surface area (Å²) in [5, 5.41) is 7.41. The van der Waals surface area contributed by atoms with Gasteiger partial charge in [-0.25, -0.2) is 0 Å². The van der Waals surface area contributed by atoms with Crippen LogP contribution in [0.25, 0.3) is 0 Å². The van der Waals surface area contributed by atoms with E-state index in [4.69, 9.17) is 11.5 Å². The van der Waals surface area contributed by atoms with Crippen molar-refractivity contribution in [1.82, 2.24) is 0 Å². The summed E-state index contributed by atoms with van der Waals surface area (Å²) in [6, 6.07) is 0. The predicted octanol–water partition coefficient (Wildman–Crippen LogP) is 1.38. The summed E-state index contributed by atoms with van der Waals surface area (Å²) in [5.41, 5.74) is 12.5. The second-order valence-corrected chi connectivity index (χ2v) is 3.18. The summed E-state index contributed by atoms with van der Waals surface area (Å²) >= 11 is 0. The minimum atomic E-state index is 0.00145. The Labute approximate surface area is 79.4 Å². The van der Waals surface area contributed by atoms with Crippen molar-refractivity contribution in [3.8, 4) is 0 Å². The first-order valence-electron chi connectivity index (χ1n) is 4.28. The van der Waals surface area contributed by atoms with E-state index in [9.17, 15) is 0 Å². The zero-order valence-corrected chi connectivity index (χ0v) is 8.54. The summed E-state index contributed by atoms with van der Waals surface area (Å²) in [5.74, 6) is 0.00145. The fourth-order valence-corrected chi connectivity index (χ4v) is 0.763. The first-order valence-corrected chi connectivity index (χ1v) is 4.28. The van der Waals surface area contributed by atoms with Crippen LogP contribution in [0.3, 0.4) is 0 Å². The fraction of sp³-hybridized carbons (Fsp3) is 0.556. The molecule has 0 radical (unpaired) electrons. The van der Waals surface area contributed by atoms with Crippen LogP contribution in [0.5, 0.6) is 0 Å². The van der Waals surface area contributed by atoms with Gasteiger partial charge in [-0.15, -0.1) is 5.10 Å². The smallest absolute Gasteiger partial charge is 0.211 e. The SMILES string of the molecule is CC(C)=CCCC(C)=NN=C(N)N. The molecule has 4 heteroatoms. The monoisotopic (exact) mass is 182 g/mol. The van der Waals surface area contributed by atoms with Crippen molar-refractivity contribution in [2.75, 3.05) is 0 Å². The van der Waals surface area contributed by atoms with Crippen molar-refractivity contribution in [2.45, 2.75) is 33.6 Å². The molecular weight excluding hydrogens is 164 g/mol. The Kier molecular flexibility index (Phi) is 5.59. The van der Waals surface area contributed by atoms with Gasteiger partial charge in [-0.3, -0.25) is 0 Å². The molecule has 0 rings (SSSR count). The second-order valence-electron chi connectivity index (χ2n) is 3.18. The molecular formula is C9H18N4. The average molecular weight is 182 g/mol. The Morgan fingerprint density at radius 2 is 1.77 bits per heavy atom. The van der Waals surface area contributed by atoms with E-state index in [2.05, 4.69) is 30.1 Å². The fourth-order valence-electron chi connectivity index (χ4n) is 0.763. The number of rotatable bonds is 4. The molecule has 0 fully saturated rings. The zero-order chi connectivity index (χ0) is 10.3. The molecule has 0 aromatic rings. The van der Waals surface area contributed by atoms with Crippen LogP contribution in [0, 0.1) is 0 Å². The molecule has 0 atom stereocenters. The van der Waals surface area contributed by atoms with Gasteiger partial charge in [0.15, 0.2) is 0 Å². The van der Waals surface area contributed by atoms with E-state index < -0.39 is 0 Å². The first kappa shape index (κ1) is 11.7. The second kappa shape index (κ2) is 6.22. The van der Waals surface area contributed by atoms with Crippen molar-refractivity contribution >= 4 is 11.7 Å². The molecule has 0 saturated heterocycles. The van der Waals surface area contributed by atoms with Gasteiger partial charge in [0.05, 0.1) is 0 Å². The predicted molar refractivity (Wildman–Crippen MR) is 57.6 cm³/mol. The highest BCUT2D eigenvalue weighted by Crippen LogP contribution is 1.98. The van der Waals surface area contributed by atoms with Crippen LogP contribution < -0.4 is 11.5 Å². The van der Waals surface area contributed by atoms with Gasteiger partial charge in [0.25, 0.3) is 0 Å². The Morgan fingerprint density at radius 1 is 1.15 bits per heavy atom. The highest BCUT2D eigenvalue weighted by atomic mass is 15.3. The van der Waals surface area contributed by atoms with Gasteiger partial charge in [-0.1, -0.05) is 11.6 Å². The standard InChI is InChI=1S/C9H18N4/c1-7(2)5-4-6-8(3)12-13-9(10)11/h5H,4,6H2,1-3H3,(H4,10,11,13). The lowest BCUT2D eigenvalue weighted by molar-refractivity contribution is 1.04. The van der Waals surface area contributed by atoms with Crippen LogP contribution in [-0.4, -0.2) is 11.7 Å². The van der Waals surface area contributed by atoms with Gasteiger partial charge in [-0.05, 0) is 33.6 Å². The number of hydrogen-bond donors (Lipinski definition) is 2. The minimum Gasteiger partial charge on any atom is -0.369 e. The van der Waals surface area contributed by atoms with Crippen LogP contribution in [0.2, 0.25) is 0 Å². The summed E-state index contributed by atoms with van der Waals surface area (Å²) in [6.45, 7) is 6.05. The van der Waals surface area contributed by atoms with Gasteiger partial charge in [-0.2, -0.15) is 5.10 Å². The van der Waals surface area contributed by atoms with E-state index in [1.165, 1.54) is 5.57 Å². The van der Waals surface area contributed by atoms with Crippen LogP contribution in [-0.2, 0) is 0 Å². The molecule has 0 aliphatic heterocycles. The average Bonchev–Trinajstić information content (AvgIpc) is 2.00. The van der Waals surface area contributed by atoms with E-state index in [0.29, 0.717) is 0 Å². The summed E-state index contributed by atoms with van der Waals surface area (Å²) in [4.78, 5) is 0. The molecule has 74 valence electrons. The molecule has 0 bridgehead atoms. The highest BCUT2D eigenvalue weighted by molar-refractivity contribution is 5.83. The summed E-state index contributed by atoms with van der Waals surface area (Å²) in [7, 11) is 0. The molecule has 0 saturated carbocycles. The number of nitrogens with two attached hydrogens (primary N) is 2. The summed E-state index contributed by atoms with van der Waals surface area (Å²) in [6.07, 6.45) is 4.04. The van der Waals surface area contributed by atoms with E-state index in [1.54, 1.807) is 0 Å². The molecule has 0 aromatic heterocycles. The van der Waals surface area contributed by atoms with E-state index in [0.717, 1.165) is 18.6 Å². The maximum absolute atomic E-state index is 5.13. The van der Waals surface area contributed by atoms with Crippen LogP contribution in [0.15, 0.2) is 21.9 Å². The molecule has 0 spiro atoms. The molecule has 4 nitrogen and oxygen atoms in total. The molecule has 0 aliphatic carbocycles. The quantitative estimate of drug-likeness (QED) is 0.298. The lowest BCUT2D eigenvalue weighted by atomic mass is 10.2. The lowest BCUT2D eigenvalue weighted by Gasteiger charge is -1.94. The Morgan fingerprint density at radius 3 is 2.23 bits per heavy atom. The van der Waals surface area contributed by atoms with Crippen molar-refractivity contribution in [2.24, 2.45) is 21.7 Å². The van der Waals surface area contributed by atoms with Crippen molar-refractivity contribution in [3.05, 3.63) is 11.6 Å². The Hall–Kier alpha value is -1.32. The van der Waals surface area contributed by atoms with Crippen LogP contribution in [0.1, 0.15) is 33.6 Å². The maximum Gasteiger partial charge on any atom is 0.211 e. The van der Waals surface area contributed by atoms with Gasteiger partial charge in [0.2, 0.25) is 5.96 Å². The minimum absolute atomic E-state index is 0.00145. The van der Waals surface area contributed by atoms with E-state index >= 15 is 0 Å². The van der Waals surface area contributed by atoms with Gasteiger partial charge < -0.3 is 11.5 Å². The highest BCUT2D eigenvalue weighted by Gasteiger charge is 1.89. The molecule has 13 heavy (non-hydrogen) atoms. The van der Waals surface area contributed by atoms with Gasteiger partial charge in [0.1, 0.15) is 0 Å². The third-order valence-electron chi connectivity index (χ3n) is 1.39. The number of allylic oxidation sites excluding steroid dienone is 2. The zero-order valence-electron chi connectivity index (χ0n) is 8.54. The largest absolute Gasteiger partial charge is 0.369 e. The van der Waals surface area contributed by atoms with Crippen molar-refractivity contribution < 1.29 is 0 Å². The third kappa shape index (κ3) is 8.59. The van der Waals surface area contributed by atoms with E-state index in [1.807, 2.05) is 6.92 Å². The summed E-state index contributed by atoms with van der Waals surface area (Å²) < 4.78 is 0. The van der Waals surface area contributed by atoms with Gasteiger partial charge in [0, 0.05) is 5.71 Å². The molecule has 0 aliphatic rings. The van der Waals surface area contributed by atoms with Crippen LogP contribution >= 0.6 is 0 Å². The maximum atomic E-state index is 5.13. The molecule has 0 amide bonds. The Bertz CT molecular complexity index is 230. The number of nitrogens with zero attached hydrogens (tertiary/aromatic N) is 2. The molecule has 0 heterocycles. The number of guanidine groups is 1. The van der Waals surface area contributed by atoms with E-state index in [-0.39, 0.29) is 5.96 Å². The third-order valence-corrected chi connectivity index (χ3v) is 1.39. The Balaban J connectivity index is 3.88. The first-order chi connectivity index (χ1) is 6.02. The van der Waals surface area contributed by atoms with Gasteiger partial charge >= 0.3 is 0 Å². The lowest BCUT2D eigenvalue weighted by Crippen LogP contribution is -2.22. The number of hydrogen-bond acceptors (Lipinski definition) is 2. The molecule has 0 unspecified atom stereocenters. The van der Waals surface area contributed by atoms with Crippen LogP contribution in [0.4, 0.5) is 0 Å². The molecule has 0 aromatic carbocycles. The van der Waals surface area contributed by atoms with Crippen molar-refractivity contribution in [1.29, 1.82) is 0 Å². The molecule has 4 N–H and O–H groups in total.